The smallest absolute Gasteiger partial charge is 0.306 e. The van der Waals surface area contributed by atoms with Gasteiger partial charge in [0.15, 0.2) is 6.10 Å². The molecule has 0 aliphatic carbocycles. The Kier molecular flexibility index (Phi) is 63.9. The Labute approximate surface area is 499 Å². The minimum absolute atomic E-state index is 0.107. The molecular formula is C75H122O6. The van der Waals surface area contributed by atoms with Crippen molar-refractivity contribution in [1.82, 2.24) is 0 Å². The minimum atomic E-state index is -0.817. The average molecular weight is 1120 g/mol. The van der Waals surface area contributed by atoms with Crippen LogP contribution >= 0.6 is 0 Å². The molecule has 0 radical (unpaired) electrons. The van der Waals surface area contributed by atoms with Gasteiger partial charge in [0.05, 0.1) is 0 Å². The summed E-state index contributed by atoms with van der Waals surface area (Å²) in [6.07, 6.45) is 97.3. The largest absolute Gasteiger partial charge is 0.462 e. The van der Waals surface area contributed by atoms with E-state index in [2.05, 4.69) is 167 Å². The third-order valence-electron chi connectivity index (χ3n) is 13.8. The van der Waals surface area contributed by atoms with Crippen LogP contribution in [0.5, 0.6) is 0 Å². The fourth-order valence-corrected chi connectivity index (χ4v) is 8.88. The lowest BCUT2D eigenvalue weighted by Gasteiger charge is -2.18. The molecular weight excluding hydrogens is 997 g/mol. The lowest BCUT2D eigenvalue weighted by Crippen LogP contribution is -2.30. The molecule has 0 amide bonds. The average Bonchev–Trinajstić information content (AvgIpc) is 3.47. The molecule has 0 aliphatic rings. The lowest BCUT2D eigenvalue weighted by molar-refractivity contribution is -0.167. The highest BCUT2D eigenvalue weighted by Crippen LogP contribution is 2.16. The van der Waals surface area contributed by atoms with Gasteiger partial charge in [-0.25, -0.2) is 0 Å². The molecule has 6 nitrogen and oxygen atoms in total. The molecule has 1 atom stereocenters. The van der Waals surface area contributed by atoms with Crippen LogP contribution in [0, 0.1) is 0 Å². The summed E-state index contributed by atoms with van der Waals surface area (Å²) in [5, 5.41) is 0. The van der Waals surface area contributed by atoms with E-state index in [0.717, 1.165) is 128 Å². The standard InChI is InChI=1S/C75H122O6/c1-4-7-10-13-16-19-22-24-26-28-30-32-34-35-36-37-38-39-41-42-44-46-48-50-53-56-59-62-65-68-74(77)80-71-72(70-79-73(76)67-64-61-58-55-52-21-18-15-12-9-6-3)81-75(78)69-66-63-60-57-54-51-49-47-45-43-40-33-31-29-27-25-23-20-17-14-11-8-5-2/h7-8,10-11,15-20,24-27,30-33,43,45,49,51,57,60,72H,4-6,9,12-14,21-23,28-29,34-42,44,46-48,50,52-56,58-59,61-71H2,1-3H3/b10-7-,11-8-,18-15-,19-16-,20-17-,26-24-,27-25-,32-30-,33-31-,45-43-,51-49-,60-57-. The number of esters is 3. The molecule has 0 saturated heterocycles. The summed E-state index contributed by atoms with van der Waals surface area (Å²) < 4.78 is 16.9. The second-order valence-corrected chi connectivity index (χ2v) is 21.6. The Hall–Kier alpha value is -4.71. The number of carbonyl (C=O) groups is 3. The van der Waals surface area contributed by atoms with Crippen LogP contribution < -0.4 is 0 Å². The molecule has 81 heavy (non-hydrogen) atoms. The maximum Gasteiger partial charge on any atom is 0.306 e. The number of carbonyl (C=O) groups excluding carboxylic acids is 3. The predicted octanol–water partition coefficient (Wildman–Crippen LogP) is 23.1. The van der Waals surface area contributed by atoms with Gasteiger partial charge in [-0.2, -0.15) is 0 Å². The summed E-state index contributed by atoms with van der Waals surface area (Å²) >= 11 is 0. The van der Waals surface area contributed by atoms with Crippen molar-refractivity contribution in [3.8, 4) is 0 Å². The van der Waals surface area contributed by atoms with Crippen LogP contribution in [-0.2, 0) is 28.6 Å². The molecule has 0 aromatic heterocycles. The van der Waals surface area contributed by atoms with E-state index in [-0.39, 0.29) is 37.5 Å². The number of allylic oxidation sites excluding steroid dienone is 24. The van der Waals surface area contributed by atoms with E-state index in [1.165, 1.54) is 116 Å². The fraction of sp³-hybridized carbons (Fsp3) is 0.640. The molecule has 0 aromatic carbocycles. The number of unbranched alkanes of at least 4 members (excludes halogenated alkanes) is 24. The Morgan fingerprint density at radius 2 is 0.494 bits per heavy atom. The molecule has 0 heterocycles. The molecule has 0 bridgehead atoms. The van der Waals surface area contributed by atoms with Crippen LogP contribution in [0.2, 0.25) is 0 Å². The highest BCUT2D eigenvalue weighted by molar-refractivity contribution is 5.71. The van der Waals surface area contributed by atoms with Crippen LogP contribution in [0.1, 0.15) is 290 Å². The highest BCUT2D eigenvalue weighted by Gasteiger charge is 2.19. The van der Waals surface area contributed by atoms with Crippen molar-refractivity contribution in [2.24, 2.45) is 0 Å². The van der Waals surface area contributed by atoms with Crippen LogP contribution in [0.15, 0.2) is 146 Å². The number of hydrogen-bond donors (Lipinski definition) is 0. The zero-order valence-electron chi connectivity index (χ0n) is 52.5. The van der Waals surface area contributed by atoms with Gasteiger partial charge in [-0.1, -0.05) is 289 Å². The number of ether oxygens (including phenoxy) is 3. The molecule has 0 N–H and O–H groups in total. The zero-order chi connectivity index (χ0) is 58.5. The molecule has 0 aromatic rings. The highest BCUT2D eigenvalue weighted by atomic mass is 16.6. The van der Waals surface area contributed by atoms with Gasteiger partial charge in [-0.05, 0) is 128 Å². The van der Waals surface area contributed by atoms with Crippen molar-refractivity contribution in [3.63, 3.8) is 0 Å². The van der Waals surface area contributed by atoms with Crippen molar-refractivity contribution in [1.29, 1.82) is 0 Å². The maximum atomic E-state index is 12.9. The SMILES string of the molecule is CC/C=C\C/C=C\C/C=C\C/C=C\C/C=C\C/C=C\C/C=C\CCCC(=O)OC(COC(=O)CCCCCCC/C=C\CCCC)COC(=O)CCCCCCCCCCCCCCCCCC/C=C\C/C=C\C/C=C\C/C=C\CC. The maximum absolute atomic E-state index is 12.9. The predicted molar refractivity (Wildman–Crippen MR) is 352 cm³/mol. The number of hydrogen-bond acceptors (Lipinski definition) is 6. The Bertz CT molecular complexity index is 1760. The van der Waals surface area contributed by atoms with Gasteiger partial charge >= 0.3 is 17.9 Å². The third-order valence-corrected chi connectivity index (χ3v) is 13.8. The van der Waals surface area contributed by atoms with Crippen LogP contribution in [0.4, 0.5) is 0 Å². The van der Waals surface area contributed by atoms with Gasteiger partial charge in [-0.15, -0.1) is 0 Å². The van der Waals surface area contributed by atoms with Gasteiger partial charge in [0.1, 0.15) is 13.2 Å². The minimum Gasteiger partial charge on any atom is -0.462 e. The Morgan fingerprint density at radius 1 is 0.259 bits per heavy atom. The van der Waals surface area contributed by atoms with Gasteiger partial charge in [-0.3, -0.25) is 14.4 Å². The van der Waals surface area contributed by atoms with E-state index < -0.39 is 6.10 Å². The van der Waals surface area contributed by atoms with Crippen molar-refractivity contribution in [2.75, 3.05) is 13.2 Å². The first-order chi connectivity index (χ1) is 40.0. The Balaban J connectivity index is 4.33. The van der Waals surface area contributed by atoms with E-state index in [1.807, 2.05) is 0 Å². The van der Waals surface area contributed by atoms with Crippen LogP contribution in [0.25, 0.3) is 0 Å². The molecule has 0 spiro atoms. The topological polar surface area (TPSA) is 78.9 Å². The van der Waals surface area contributed by atoms with Crippen molar-refractivity contribution >= 4 is 17.9 Å². The molecule has 0 saturated carbocycles. The summed E-state index contributed by atoms with van der Waals surface area (Å²) in [5.74, 6) is -0.975. The summed E-state index contributed by atoms with van der Waals surface area (Å²) in [7, 11) is 0. The molecule has 0 aliphatic heterocycles. The van der Waals surface area contributed by atoms with E-state index >= 15 is 0 Å². The van der Waals surface area contributed by atoms with Crippen molar-refractivity contribution in [2.45, 2.75) is 297 Å². The zero-order valence-corrected chi connectivity index (χ0v) is 52.5. The van der Waals surface area contributed by atoms with E-state index in [9.17, 15) is 14.4 Å². The Morgan fingerprint density at radius 3 is 0.802 bits per heavy atom. The molecule has 6 heteroatoms. The van der Waals surface area contributed by atoms with Crippen LogP contribution in [0.3, 0.4) is 0 Å². The summed E-state index contributed by atoms with van der Waals surface area (Å²) in [6, 6.07) is 0. The first-order valence-corrected chi connectivity index (χ1v) is 33.3. The summed E-state index contributed by atoms with van der Waals surface area (Å²) in [4.78, 5) is 38.3. The van der Waals surface area contributed by atoms with E-state index in [0.29, 0.717) is 19.3 Å². The van der Waals surface area contributed by atoms with Crippen LogP contribution in [-0.4, -0.2) is 37.2 Å². The summed E-state index contributed by atoms with van der Waals surface area (Å²) in [6.45, 7) is 6.33. The van der Waals surface area contributed by atoms with E-state index in [1.54, 1.807) is 0 Å². The van der Waals surface area contributed by atoms with Gasteiger partial charge in [0.25, 0.3) is 0 Å². The van der Waals surface area contributed by atoms with Crippen molar-refractivity contribution < 1.29 is 28.6 Å². The molecule has 458 valence electrons. The monoisotopic (exact) mass is 1120 g/mol. The van der Waals surface area contributed by atoms with Gasteiger partial charge < -0.3 is 14.2 Å². The third kappa shape index (κ3) is 66.0. The fourth-order valence-electron chi connectivity index (χ4n) is 8.88. The normalized spacial score (nSPS) is 13.1. The lowest BCUT2D eigenvalue weighted by atomic mass is 10.0. The molecule has 0 rings (SSSR count). The van der Waals surface area contributed by atoms with E-state index in [4.69, 9.17) is 14.2 Å². The quantitative estimate of drug-likeness (QED) is 0.0261. The summed E-state index contributed by atoms with van der Waals surface area (Å²) in [5.41, 5.74) is 0. The van der Waals surface area contributed by atoms with Gasteiger partial charge in [0, 0.05) is 19.3 Å². The van der Waals surface area contributed by atoms with Gasteiger partial charge in [0.2, 0.25) is 0 Å². The number of rotatable bonds is 59. The second kappa shape index (κ2) is 67.8. The second-order valence-electron chi connectivity index (χ2n) is 21.6. The first kappa shape index (κ1) is 76.3. The first-order valence-electron chi connectivity index (χ1n) is 33.3. The molecule has 1 unspecified atom stereocenters. The molecule has 0 fully saturated rings. The van der Waals surface area contributed by atoms with Crippen molar-refractivity contribution in [3.05, 3.63) is 146 Å².